The number of aliphatic hydroxyl groups excluding tert-OH is 1. The summed E-state index contributed by atoms with van der Waals surface area (Å²) in [7, 11) is 0. The Morgan fingerprint density at radius 3 is 3.28 bits per heavy atom. The van der Waals surface area contributed by atoms with Crippen molar-refractivity contribution in [1.82, 2.24) is 15.0 Å². The highest BCUT2D eigenvalue weighted by Gasteiger charge is 2.20. The third-order valence-corrected chi connectivity index (χ3v) is 3.91. The zero-order valence-electron chi connectivity index (χ0n) is 9.95. The van der Waals surface area contributed by atoms with Crippen LogP contribution in [0.25, 0.3) is 10.7 Å². The Hall–Kier alpha value is -1.24. The Bertz CT molecular complexity index is 497. The van der Waals surface area contributed by atoms with Crippen molar-refractivity contribution < 1.29 is 9.63 Å². The van der Waals surface area contributed by atoms with E-state index in [1.807, 2.05) is 17.5 Å². The van der Waals surface area contributed by atoms with Crippen molar-refractivity contribution in [1.29, 1.82) is 0 Å². The molecule has 1 aliphatic heterocycles. The van der Waals surface area contributed by atoms with E-state index in [-0.39, 0.29) is 6.10 Å². The molecule has 6 heteroatoms. The van der Waals surface area contributed by atoms with Crippen molar-refractivity contribution in [2.75, 3.05) is 13.1 Å². The lowest BCUT2D eigenvalue weighted by molar-refractivity contribution is 0.0613. The lowest BCUT2D eigenvalue weighted by atomic mass is 10.1. The number of aromatic nitrogens is 2. The van der Waals surface area contributed by atoms with Gasteiger partial charge < -0.3 is 9.63 Å². The number of hydrogen-bond acceptors (Lipinski definition) is 6. The molecule has 0 amide bonds. The summed E-state index contributed by atoms with van der Waals surface area (Å²) < 4.78 is 5.25. The van der Waals surface area contributed by atoms with Gasteiger partial charge in [-0.15, -0.1) is 11.3 Å². The molecule has 0 saturated carbocycles. The third-order valence-electron chi connectivity index (χ3n) is 3.05. The van der Waals surface area contributed by atoms with Gasteiger partial charge in [0.1, 0.15) is 0 Å². The van der Waals surface area contributed by atoms with Crippen molar-refractivity contribution in [3.05, 3.63) is 23.4 Å². The molecule has 1 aliphatic rings. The number of piperidine rings is 1. The predicted octanol–water partition coefficient (Wildman–Crippen LogP) is 1.75. The molecule has 0 aliphatic carbocycles. The van der Waals surface area contributed by atoms with E-state index in [0.717, 1.165) is 24.3 Å². The first kappa shape index (κ1) is 11.8. The molecular formula is C12H15N3O2S. The van der Waals surface area contributed by atoms with Crippen molar-refractivity contribution in [3.63, 3.8) is 0 Å². The van der Waals surface area contributed by atoms with Gasteiger partial charge in [0.15, 0.2) is 0 Å². The summed E-state index contributed by atoms with van der Waals surface area (Å²) in [5.74, 6) is 1.27. The van der Waals surface area contributed by atoms with E-state index >= 15 is 0 Å². The van der Waals surface area contributed by atoms with Crippen LogP contribution in [0, 0.1) is 0 Å². The Kier molecular flexibility index (Phi) is 3.40. The van der Waals surface area contributed by atoms with Gasteiger partial charge in [0, 0.05) is 6.54 Å². The van der Waals surface area contributed by atoms with Crippen LogP contribution in [-0.2, 0) is 6.54 Å². The third kappa shape index (κ3) is 2.60. The van der Waals surface area contributed by atoms with Gasteiger partial charge in [-0.2, -0.15) is 4.98 Å². The summed E-state index contributed by atoms with van der Waals surface area (Å²) in [5.41, 5.74) is 0. The normalized spacial score (nSPS) is 21.3. The molecule has 0 aromatic carbocycles. The van der Waals surface area contributed by atoms with Crippen LogP contribution in [0.5, 0.6) is 0 Å². The molecule has 1 N–H and O–H groups in total. The van der Waals surface area contributed by atoms with Gasteiger partial charge in [0.25, 0.3) is 0 Å². The van der Waals surface area contributed by atoms with Gasteiger partial charge in [0.2, 0.25) is 11.7 Å². The van der Waals surface area contributed by atoms with Crippen LogP contribution in [-0.4, -0.2) is 39.3 Å². The molecule has 0 unspecified atom stereocenters. The predicted molar refractivity (Wildman–Crippen MR) is 68.1 cm³/mol. The maximum absolute atomic E-state index is 9.61. The second kappa shape index (κ2) is 5.17. The molecule has 1 atom stereocenters. The largest absolute Gasteiger partial charge is 0.392 e. The number of thiophene rings is 1. The van der Waals surface area contributed by atoms with Crippen LogP contribution in [0.15, 0.2) is 22.0 Å². The van der Waals surface area contributed by atoms with Gasteiger partial charge >= 0.3 is 0 Å². The first-order chi connectivity index (χ1) is 8.81. The molecule has 2 aromatic rings. The van der Waals surface area contributed by atoms with Gasteiger partial charge in [-0.3, -0.25) is 4.90 Å². The highest BCUT2D eigenvalue weighted by Crippen LogP contribution is 2.22. The molecule has 1 saturated heterocycles. The number of β-amino-alcohol motifs (C(OH)–C–C–N with tert-alkyl or cyclic N) is 1. The Labute approximate surface area is 109 Å². The maximum atomic E-state index is 9.61. The van der Waals surface area contributed by atoms with E-state index in [2.05, 4.69) is 15.0 Å². The molecule has 2 aromatic heterocycles. The molecular weight excluding hydrogens is 250 g/mol. The summed E-state index contributed by atoms with van der Waals surface area (Å²) in [6.07, 6.45) is 1.69. The molecule has 0 bridgehead atoms. The zero-order valence-corrected chi connectivity index (χ0v) is 10.8. The molecule has 0 spiro atoms. The van der Waals surface area contributed by atoms with E-state index in [9.17, 15) is 5.11 Å². The molecule has 3 heterocycles. The summed E-state index contributed by atoms with van der Waals surface area (Å²) in [5, 5.41) is 15.6. The van der Waals surface area contributed by atoms with Crippen molar-refractivity contribution >= 4 is 11.3 Å². The minimum absolute atomic E-state index is 0.224. The van der Waals surface area contributed by atoms with E-state index in [4.69, 9.17) is 4.52 Å². The fourth-order valence-electron chi connectivity index (χ4n) is 2.19. The van der Waals surface area contributed by atoms with Crippen molar-refractivity contribution in [2.24, 2.45) is 0 Å². The summed E-state index contributed by atoms with van der Waals surface area (Å²) in [6.45, 7) is 2.29. The first-order valence-corrected chi connectivity index (χ1v) is 6.96. The number of nitrogens with zero attached hydrogens (tertiary/aromatic N) is 3. The molecule has 96 valence electrons. The van der Waals surface area contributed by atoms with E-state index in [1.54, 1.807) is 11.3 Å². The lowest BCUT2D eigenvalue weighted by Crippen LogP contribution is -2.37. The average molecular weight is 265 g/mol. The fraction of sp³-hybridized carbons (Fsp3) is 0.500. The molecule has 1 fully saturated rings. The number of hydrogen-bond donors (Lipinski definition) is 1. The lowest BCUT2D eigenvalue weighted by Gasteiger charge is -2.28. The molecule has 0 radical (unpaired) electrons. The fourth-order valence-corrected chi connectivity index (χ4v) is 2.84. The van der Waals surface area contributed by atoms with Crippen molar-refractivity contribution in [3.8, 4) is 10.7 Å². The zero-order chi connectivity index (χ0) is 12.4. The summed E-state index contributed by atoms with van der Waals surface area (Å²) >= 11 is 1.60. The Morgan fingerprint density at radius 1 is 1.56 bits per heavy atom. The topological polar surface area (TPSA) is 62.4 Å². The molecule has 5 nitrogen and oxygen atoms in total. The van der Waals surface area contributed by atoms with Crippen LogP contribution in [0.3, 0.4) is 0 Å². The number of rotatable bonds is 3. The number of likely N-dealkylation sites (tertiary alicyclic amines) is 1. The maximum Gasteiger partial charge on any atom is 0.241 e. The van der Waals surface area contributed by atoms with E-state index in [1.165, 1.54) is 0 Å². The van der Waals surface area contributed by atoms with Crippen LogP contribution < -0.4 is 0 Å². The molecule has 3 rings (SSSR count). The Balaban J connectivity index is 1.66. The Morgan fingerprint density at radius 2 is 2.50 bits per heavy atom. The highest BCUT2D eigenvalue weighted by atomic mass is 32.1. The monoisotopic (exact) mass is 265 g/mol. The van der Waals surface area contributed by atoms with E-state index in [0.29, 0.717) is 24.8 Å². The minimum atomic E-state index is -0.224. The summed E-state index contributed by atoms with van der Waals surface area (Å²) in [6, 6.07) is 3.95. The van der Waals surface area contributed by atoms with Crippen LogP contribution in [0.1, 0.15) is 18.7 Å². The minimum Gasteiger partial charge on any atom is -0.392 e. The van der Waals surface area contributed by atoms with Gasteiger partial charge in [-0.25, -0.2) is 0 Å². The van der Waals surface area contributed by atoms with Gasteiger partial charge in [-0.05, 0) is 30.8 Å². The quantitative estimate of drug-likeness (QED) is 0.916. The second-order valence-electron chi connectivity index (χ2n) is 4.52. The summed E-state index contributed by atoms with van der Waals surface area (Å²) in [4.78, 5) is 7.55. The van der Waals surface area contributed by atoms with Crippen LogP contribution in [0.2, 0.25) is 0 Å². The first-order valence-electron chi connectivity index (χ1n) is 6.08. The van der Waals surface area contributed by atoms with Gasteiger partial charge in [-0.1, -0.05) is 11.2 Å². The average Bonchev–Trinajstić information content (AvgIpc) is 2.98. The number of aliphatic hydroxyl groups is 1. The second-order valence-corrected chi connectivity index (χ2v) is 5.47. The SMILES string of the molecule is O[C@H]1CCCN(Cc2nc(-c3cccs3)no2)C1. The smallest absolute Gasteiger partial charge is 0.241 e. The van der Waals surface area contributed by atoms with Crippen molar-refractivity contribution in [2.45, 2.75) is 25.5 Å². The molecule has 18 heavy (non-hydrogen) atoms. The van der Waals surface area contributed by atoms with Gasteiger partial charge in [0.05, 0.1) is 17.5 Å². The highest BCUT2D eigenvalue weighted by molar-refractivity contribution is 7.13. The van der Waals surface area contributed by atoms with E-state index < -0.39 is 0 Å². The standard InChI is InChI=1S/C12H15N3O2S/c16-9-3-1-5-15(7-9)8-11-13-12(14-17-11)10-4-2-6-18-10/h2,4,6,9,16H,1,3,5,7-8H2/t9-/m0/s1. The van der Waals surface area contributed by atoms with Crippen LogP contribution >= 0.6 is 11.3 Å². The van der Waals surface area contributed by atoms with Crippen LogP contribution in [0.4, 0.5) is 0 Å².